The third-order valence-corrected chi connectivity index (χ3v) is 5.87. The number of hydrogen-bond acceptors (Lipinski definition) is 3. The average molecular weight is 554 g/mol. The van der Waals surface area contributed by atoms with E-state index in [1.54, 1.807) is 6.07 Å². The number of likely N-dealkylation sites (tertiary alicyclic amines) is 1. The molecule has 0 aliphatic carbocycles. The van der Waals surface area contributed by atoms with Crippen LogP contribution in [0.2, 0.25) is 0 Å². The van der Waals surface area contributed by atoms with Crippen LogP contribution in [-0.4, -0.2) is 41.1 Å². The Labute approximate surface area is 196 Å². The molecule has 166 valence electrons. The standard InChI is InChI=1S/C23H19F3IN3O2/c24-17-8-7-16(21(20(17)26)29-19-9-6-14(27)10-18(19)25)22(31)30-12-23(32,13-30)11-28-15-4-2-1-3-5-15/h1-10,28-29,32H,11-13H2/p+1. The Hall–Kier alpha value is -2.79. The predicted octanol–water partition coefficient (Wildman–Crippen LogP) is 4.48. The number of para-hydroxylation sites is 1. The number of benzene rings is 3. The fraction of sp³-hybridized carbons (Fsp3) is 0.174. The summed E-state index contributed by atoms with van der Waals surface area (Å²) in [5.74, 6) is -3.63. The van der Waals surface area contributed by atoms with Crippen LogP contribution in [0.3, 0.4) is 0 Å². The third-order valence-electron chi connectivity index (χ3n) is 5.19. The minimum Gasteiger partial charge on any atom is -0.437 e. The monoisotopic (exact) mass is 554 g/mol. The number of nitrogens with zero attached hydrogens (tertiary/aromatic N) is 1. The summed E-state index contributed by atoms with van der Waals surface area (Å²) < 4.78 is 43.4. The number of anilines is 3. The van der Waals surface area contributed by atoms with Crippen LogP contribution in [0.4, 0.5) is 30.2 Å². The first-order valence-electron chi connectivity index (χ1n) is 9.79. The van der Waals surface area contributed by atoms with Crippen molar-refractivity contribution in [2.75, 3.05) is 30.3 Å². The second-order valence-corrected chi connectivity index (χ2v) is 8.94. The fourth-order valence-electron chi connectivity index (χ4n) is 3.51. The largest absolute Gasteiger partial charge is 0.437 e. The molecule has 5 nitrogen and oxygen atoms in total. The molecule has 0 saturated carbocycles. The quantitative estimate of drug-likeness (QED) is 0.349. The van der Waals surface area contributed by atoms with Crippen LogP contribution in [0.15, 0.2) is 60.7 Å². The molecule has 0 unspecified atom stereocenters. The first-order chi connectivity index (χ1) is 15.3. The Morgan fingerprint density at radius 2 is 1.75 bits per heavy atom. The Morgan fingerprint density at radius 1 is 1.03 bits per heavy atom. The zero-order valence-corrected chi connectivity index (χ0v) is 18.9. The number of carbonyl (C=O) groups excluding carboxylic acids is 1. The van der Waals surface area contributed by atoms with E-state index in [4.69, 9.17) is 5.11 Å². The highest BCUT2D eigenvalue weighted by Gasteiger charge is 2.48. The smallest absolute Gasteiger partial charge is 0.256 e. The summed E-state index contributed by atoms with van der Waals surface area (Å²) in [7, 11) is 0. The Bertz CT molecular complexity index is 1150. The molecule has 3 aromatic rings. The molecule has 3 aromatic carbocycles. The maximum absolute atomic E-state index is 14.6. The minimum atomic E-state index is -1.27. The molecular formula is C23H20F3IN3O2+. The van der Waals surface area contributed by atoms with Crippen LogP contribution in [-0.2, 0) is 0 Å². The Kier molecular flexibility index (Phi) is 6.29. The van der Waals surface area contributed by atoms with Crippen LogP contribution in [0.25, 0.3) is 0 Å². The summed E-state index contributed by atoms with van der Waals surface area (Å²) in [6.07, 6.45) is 0. The summed E-state index contributed by atoms with van der Waals surface area (Å²) in [6.45, 7) is 0.585. The van der Waals surface area contributed by atoms with Crippen LogP contribution in [0, 0.1) is 21.0 Å². The van der Waals surface area contributed by atoms with Gasteiger partial charge in [-0.3, -0.25) is 4.79 Å². The summed E-state index contributed by atoms with van der Waals surface area (Å²) in [5.41, 5.74) is -0.662. The van der Waals surface area contributed by atoms with Crippen LogP contribution < -0.4 is 10.6 Å². The van der Waals surface area contributed by atoms with Gasteiger partial charge in [0.2, 0.25) is 5.60 Å². The molecule has 4 rings (SSSR count). The van der Waals surface area contributed by atoms with Gasteiger partial charge >= 0.3 is 0 Å². The number of carbonyl (C=O) groups is 1. The second-order valence-electron chi connectivity index (χ2n) is 7.69. The molecule has 0 aromatic heterocycles. The molecule has 0 radical (unpaired) electrons. The van der Waals surface area contributed by atoms with E-state index in [1.165, 1.54) is 23.1 Å². The number of halogens is 4. The number of rotatable bonds is 6. The van der Waals surface area contributed by atoms with Gasteiger partial charge in [0.25, 0.3) is 5.91 Å². The normalized spacial score (nSPS) is 14.6. The SMILES string of the molecule is O=C(c1ccc(F)c(F)c1Nc1ccc(I)cc1F)N1CC([OH2+])(CNc2ccccc2)C1. The fourth-order valence-corrected chi connectivity index (χ4v) is 3.97. The molecule has 1 aliphatic rings. The van der Waals surface area contributed by atoms with Gasteiger partial charge in [0.15, 0.2) is 11.6 Å². The lowest BCUT2D eigenvalue weighted by Crippen LogP contribution is -2.66. The first kappa shape index (κ1) is 22.4. The average Bonchev–Trinajstić information content (AvgIpc) is 2.75. The van der Waals surface area contributed by atoms with E-state index in [0.29, 0.717) is 10.1 Å². The zero-order valence-electron chi connectivity index (χ0n) is 16.8. The van der Waals surface area contributed by atoms with E-state index in [2.05, 4.69) is 10.6 Å². The van der Waals surface area contributed by atoms with Gasteiger partial charge in [-0.05, 0) is 65.1 Å². The molecule has 1 aliphatic heterocycles. The van der Waals surface area contributed by atoms with Crippen molar-refractivity contribution in [2.45, 2.75) is 5.60 Å². The van der Waals surface area contributed by atoms with Crippen molar-refractivity contribution in [1.29, 1.82) is 0 Å². The minimum absolute atomic E-state index is 0.0746. The summed E-state index contributed by atoms with van der Waals surface area (Å²) in [5, 5.41) is 14.2. The molecule has 4 N–H and O–H groups in total. The van der Waals surface area contributed by atoms with E-state index in [1.807, 2.05) is 52.9 Å². The summed E-state index contributed by atoms with van der Waals surface area (Å²) in [6, 6.07) is 15.7. The second kappa shape index (κ2) is 8.99. The summed E-state index contributed by atoms with van der Waals surface area (Å²) >= 11 is 1.93. The van der Waals surface area contributed by atoms with E-state index in [9.17, 15) is 18.0 Å². The van der Waals surface area contributed by atoms with Crippen molar-refractivity contribution in [3.05, 3.63) is 87.2 Å². The first-order valence-corrected chi connectivity index (χ1v) is 10.9. The molecule has 1 saturated heterocycles. The molecule has 0 atom stereocenters. The molecule has 1 heterocycles. The van der Waals surface area contributed by atoms with Gasteiger partial charge < -0.3 is 20.6 Å². The lowest BCUT2D eigenvalue weighted by molar-refractivity contribution is -0.0706. The van der Waals surface area contributed by atoms with Gasteiger partial charge in [-0.1, -0.05) is 18.2 Å². The van der Waals surface area contributed by atoms with Gasteiger partial charge in [-0.2, -0.15) is 0 Å². The molecule has 9 heteroatoms. The highest BCUT2D eigenvalue weighted by atomic mass is 127. The lowest BCUT2D eigenvalue weighted by atomic mass is 9.92. The van der Waals surface area contributed by atoms with Crippen molar-refractivity contribution in [1.82, 2.24) is 4.90 Å². The van der Waals surface area contributed by atoms with Crippen molar-refractivity contribution >= 4 is 45.6 Å². The van der Waals surface area contributed by atoms with E-state index in [0.717, 1.165) is 11.8 Å². The maximum Gasteiger partial charge on any atom is 0.256 e. The Balaban J connectivity index is 1.50. The van der Waals surface area contributed by atoms with Gasteiger partial charge in [0.05, 0.1) is 36.6 Å². The zero-order chi connectivity index (χ0) is 22.9. The van der Waals surface area contributed by atoms with Crippen molar-refractivity contribution in [3.63, 3.8) is 0 Å². The molecule has 1 amide bonds. The van der Waals surface area contributed by atoms with Crippen molar-refractivity contribution in [3.8, 4) is 0 Å². The predicted molar refractivity (Wildman–Crippen MR) is 126 cm³/mol. The maximum atomic E-state index is 14.6. The van der Waals surface area contributed by atoms with Crippen LogP contribution in [0.5, 0.6) is 0 Å². The molecule has 1 fully saturated rings. The topological polar surface area (TPSA) is 67.3 Å². The number of hydrogen-bond donors (Lipinski definition) is 2. The third kappa shape index (κ3) is 4.68. The highest BCUT2D eigenvalue weighted by molar-refractivity contribution is 14.1. The number of nitrogens with one attached hydrogen (secondary N) is 2. The van der Waals surface area contributed by atoms with Gasteiger partial charge in [0.1, 0.15) is 5.82 Å². The molecule has 32 heavy (non-hydrogen) atoms. The van der Waals surface area contributed by atoms with Gasteiger partial charge in [-0.25, -0.2) is 13.2 Å². The number of amides is 1. The van der Waals surface area contributed by atoms with E-state index >= 15 is 0 Å². The molecule has 0 bridgehead atoms. The van der Waals surface area contributed by atoms with Gasteiger partial charge in [0, 0.05) is 9.26 Å². The van der Waals surface area contributed by atoms with Crippen molar-refractivity contribution in [2.24, 2.45) is 0 Å². The molecular weight excluding hydrogens is 534 g/mol. The highest BCUT2D eigenvalue weighted by Crippen LogP contribution is 2.32. The van der Waals surface area contributed by atoms with E-state index < -0.39 is 34.6 Å². The van der Waals surface area contributed by atoms with Crippen molar-refractivity contribution < 1.29 is 23.1 Å². The lowest BCUT2D eigenvalue weighted by Gasteiger charge is -2.43. The van der Waals surface area contributed by atoms with Crippen LogP contribution in [0.1, 0.15) is 10.4 Å². The Morgan fingerprint density at radius 3 is 2.44 bits per heavy atom. The van der Waals surface area contributed by atoms with Crippen LogP contribution >= 0.6 is 22.6 Å². The van der Waals surface area contributed by atoms with E-state index in [-0.39, 0.29) is 24.3 Å². The van der Waals surface area contributed by atoms with Gasteiger partial charge in [-0.15, -0.1) is 0 Å². The molecule has 0 spiro atoms. The summed E-state index contributed by atoms with van der Waals surface area (Å²) in [4.78, 5) is 14.4.